The van der Waals surface area contributed by atoms with Gasteiger partial charge in [0.2, 0.25) is 5.91 Å². The van der Waals surface area contributed by atoms with E-state index in [1.54, 1.807) is 6.21 Å². The average molecular weight is 495 g/mol. The Morgan fingerprint density at radius 2 is 1.89 bits per heavy atom. The van der Waals surface area contributed by atoms with Gasteiger partial charge in [-0.2, -0.15) is 5.10 Å². The first-order valence-electron chi connectivity index (χ1n) is 11.4. The van der Waals surface area contributed by atoms with Crippen LogP contribution in [0.3, 0.4) is 0 Å². The monoisotopic (exact) mass is 494 g/mol. The molecule has 0 unspecified atom stereocenters. The molecule has 1 aliphatic rings. The van der Waals surface area contributed by atoms with E-state index in [1.165, 1.54) is 18.2 Å². The third-order valence-electron chi connectivity index (χ3n) is 6.15. The second-order valence-corrected chi connectivity index (χ2v) is 8.84. The minimum absolute atomic E-state index is 0.0194. The number of ether oxygens (including phenoxy) is 1. The van der Waals surface area contributed by atoms with Crippen LogP contribution in [0.15, 0.2) is 59.7 Å². The Balaban J connectivity index is 1.38. The highest BCUT2D eigenvalue weighted by Gasteiger charge is 2.22. The van der Waals surface area contributed by atoms with Crippen LogP contribution in [0, 0.1) is 5.92 Å². The van der Waals surface area contributed by atoms with Crippen molar-refractivity contribution >= 4 is 40.4 Å². The number of nitrogens with one attached hydrogen (secondary N) is 1. The molecule has 0 atom stereocenters. The Labute approximate surface area is 208 Å². The number of hydrogen-bond acceptors (Lipinski definition) is 6. The molecule has 0 spiro atoms. The van der Waals surface area contributed by atoms with Crippen LogP contribution in [0.2, 0.25) is 5.02 Å². The Morgan fingerprint density at radius 1 is 1.14 bits per heavy atom. The number of carbonyl (C=O) groups excluding carboxylic acids is 2. The molecule has 1 fully saturated rings. The van der Waals surface area contributed by atoms with Gasteiger partial charge in [0, 0.05) is 29.0 Å². The zero-order chi connectivity index (χ0) is 24.8. The minimum atomic E-state index is -0.438. The summed E-state index contributed by atoms with van der Waals surface area (Å²) < 4.78 is 6.09. The molecular formula is C26H27ClN4O4. The van der Waals surface area contributed by atoms with Crippen LogP contribution in [-0.2, 0) is 4.79 Å². The van der Waals surface area contributed by atoms with Gasteiger partial charge in [-0.25, -0.2) is 5.43 Å². The number of nitrogens with zero attached hydrogens (tertiary/aromatic N) is 2. The predicted molar refractivity (Wildman–Crippen MR) is 136 cm³/mol. The maximum Gasteiger partial charge on any atom is 0.271 e. The number of halogens is 1. The van der Waals surface area contributed by atoms with Crippen LogP contribution in [-0.4, -0.2) is 54.3 Å². The van der Waals surface area contributed by atoms with Gasteiger partial charge in [0.25, 0.3) is 5.91 Å². The number of phenols is 1. The number of aromatic hydroxyl groups is 1. The fourth-order valence-corrected chi connectivity index (χ4v) is 4.31. The van der Waals surface area contributed by atoms with Gasteiger partial charge in [-0.1, -0.05) is 35.9 Å². The van der Waals surface area contributed by atoms with Crippen molar-refractivity contribution in [2.45, 2.75) is 12.8 Å². The first-order valence-corrected chi connectivity index (χ1v) is 11.8. The molecule has 0 saturated carbocycles. The van der Waals surface area contributed by atoms with Crippen LogP contribution in [0.1, 0.15) is 28.8 Å². The highest BCUT2D eigenvalue weighted by molar-refractivity contribution is 6.32. The number of rotatable bonds is 8. The van der Waals surface area contributed by atoms with Crippen molar-refractivity contribution in [3.63, 3.8) is 0 Å². The van der Waals surface area contributed by atoms with E-state index >= 15 is 0 Å². The molecule has 35 heavy (non-hydrogen) atoms. The average Bonchev–Trinajstić information content (AvgIpc) is 2.87. The molecule has 9 heteroatoms. The van der Waals surface area contributed by atoms with Crippen molar-refractivity contribution in [1.29, 1.82) is 0 Å². The maximum absolute atomic E-state index is 12.3. The number of amides is 2. The standard InChI is InChI=1S/C26H27ClN4O4/c27-22-15-18(5-7-23(22)32)26(34)30-29-16-19-6-8-24(21-4-2-1-3-20(19)21)35-14-13-31-11-9-17(10-12-31)25(28)33/h1-8,15-17,32H,9-14H2,(H2,28,33)(H,30,34). The summed E-state index contributed by atoms with van der Waals surface area (Å²) in [4.78, 5) is 25.9. The van der Waals surface area contributed by atoms with Crippen LogP contribution in [0.4, 0.5) is 0 Å². The van der Waals surface area contributed by atoms with Crippen molar-refractivity contribution in [3.8, 4) is 11.5 Å². The molecule has 3 aromatic carbocycles. The lowest BCUT2D eigenvalue weighted by molar-refractivity contribution is -0.123. The summed E-state index contributed by atoms with van der Waals surface area (Å²) in [6.07, 6.45) is 3.17. The Morgan fingerprint density at radius 3 is 2.60 bits per heavy atom. The molecule has 8 nitrogen and oxygen atoms in total. The second kappa shape index (κ2) is 11.2. The topological polar surface area (TPSA) is 117 Å². The summed E-state index contributed by atoms with van der Waals surface area (Å²) in [5, 5.41) is 15.6. The number of hydrogen-bond donors (Lipinski definition) is 3. The number of fused-ring (bicyclic) bond motifs is 1. The third-order valence-corrected chi connectivity index (χ3v) is 6.46. The van der Waals surface area contributed by atoms with Crippen LogP contribution in [0.5, 0.6) is 11.5 Å². The molecular weight excluding hydrogens is 468 g/mol. The van der Waals surface area contributed by atoms with Crippen molar-refractivity contribution in [1.82, 2.24) is 10.3 Å². The number of benzene rings is 3. The zero-order valence-electron chi connectivity index (χ0n) is 19.1. The number of hydrazone groups is 1. The van der Waals surface area contributed by atoms with E-state index in [9.17, 15) is 14.7 Å². The van der Waals surface area contributed by atoms with Gasteiger partial charge in [-0.15, -0.1) is 0 Å². The molecule has 0 aromatic heterocycles. The quantitative estimate of drug-likeness (QED) is 0.327. The zero-order valence-corrected chi connectivity index (χ0v) is 19.9. The largest absolute Gasteiger partial charge is 0.506 e. The fraction of sp³-hybridized carbons (Fsp3) is 0.269. The Kier molecular flexibility index (Phi) is 7.84. The lowest BCUT2D eigenvalue weighted by atomic mass is 9.96. The molecule has 4 N–H and O–H groups in total. The molecule has 0 radical (unpaired) electrons. The molecule has 4 rings (SSSR count). The first kappa shape index (κ1) is 24.5. The van der Waals surface area contributed by atoms with E-state index in [1.807, 2.05) is 36.4 Å². The number of carbonyl (C=O) groups is 2. The summed E-state index contributed by atoms with van der Waals surface area (Å²) in [5.41, 5.74) is 9.00. The Bertz CT molecular complexity index is 1260. The summed E-state index contributed by atoms with van der Waals surface area (Å²) in [5.74, 6) is 0.0160. The molecule has 0 bridgehead atoms. The van der Waals surface area contributed by atoms with E-state index in [0.717, 1.165) is 54.6 Å². The van der Waals surface area contributed by atoms with Gasteiger partial charge >= 0.3 is 0 Å². The summed E-state index contributed by atoms with van der Waals surface area (Å²) in [6, 6.07) is 15.8. The predicted octanol–water partition coefficient (Wildman–Crippen LogP) is 3.54. The summed E-state index contributed by atoms with van der Waals surface area (Å²) in [7, 11) is 0. The number of likely N-dealkylation sites (tertiary alicyclic amines) is 1. The smallest absolute Gasteiger partial charge is 0.271 e. The third kappa shape index (κ3) is 6.09. The molecule has 182 valence electrons. The van der Waals surface area contributed by atoms with E-state index in [4.69, 9.17) is 22.1 Å². The Hall–Kier alpha value is -3.62. The van der Waals surface area contributed by atoms with E-state index < -0.39 is 5.91 Å². The highest BCUT2D eigenvalue weighted by atomic mass is 35.5. The molecule has 1 aliphatic heterocycles. The van der Waals surface area contributed by atoms with Crippen molar-refractivity contribution in [3.05, 3.63) is 70.7 Å². The van der Waals surface area contributed by atoms with E-state index in [-0.39, 0.29) is 28.2 Å². The molecule has 0 aliphatic carbocycles. The van der Waals surface area contributed by atoms with Crippen LogP contribution in [0.25, 0.3) is 10.8 Å². The number of phenolic OH excluding ortho intramolecular Hbond substituents is 1. The molecule has 3 aromatic rings. The number of primary amides is 1. The highest BCUT2D eigenvalue weighted by Crippen LogP contribution is 2.28. The van der Waals surface area contributed by atoms with E-state index in [2.05, 4.69) is 15.4 Å². The SMILES string of the molecule is NC(=O)C1CCN(CCOc2ccc(C=NNC(=O)c3ccc(O)c(Cl)c3)c3ccccc23)CC1. The van der Waals surface area contributed by atoms with Crippen molar-refractivity contribution < 1.29 is 19.4 Å². The molecule has 1 saturated heterocycles. The van der Waals surface area contributed by atoms with Gasteiger partial charge in [0.15, 0.2) is 0 Å². The fourth-order valence-electron chi connectivity index (χ4n) is 4.13. The number of piperidine rings is 1. The van der Waals surface area contributed by atoms with Gasteiger partial charge in [0.05, 0.1) is 11.2 Å². The molecule has 2 amide bonds. The second-order valence-electron chi connectivity index (χ2n) is 8.43. The van der Waals surface area contributed by atoms with Gasteiger partial charge in [-0.3, -0.25) is 14.5 Å². The lowest BCUT2D eigenvalue weighted by Crippen LogP contribution is -2.40. The van der Waals surface area contributed by atoms with Crippen LogP contribution >= 0.6 is 11.6 Å². The minimum Gasteiger partial charge on any atom is -0.506 e. The van der Waals surface area contributed by atoms with Crippen molar-refractivity contribution in [2.24, 2.45) is 16.8 Å². The summed E-state index contributed by atoms with van der Waals surface area (Å²) in [6.45, 7) is 2.99. The van der Waals surface area contributed by atoms with Gasteiger partial charge in [0.1, 0.15) is 18.1 Å². The summed E-state index contributed by atoms with van der Waals surface area (Å²) >= 11 is 5.87. The normalized spacial score (nSPS) is 14.9. The maximum atomic E-state index is 12.3. The number of nitrogens with two attached hydrogens (primary N) is 1. The lowest BCUT2D eigenvalue weighted by Gasteiger charge is -2.30. The van der Waals surface area contributed by atoms with Crippen LogP contribution < -0.4 is 15.9 Å². The van der Waals surface area contributed by atoms with Crippen molar-refractivity contribution in [2.75, 3.05) is 26.2 Å². The van der Waals surface area contributed by atoms with Gasteiger partial charge in [-0.05, 0) is 61.6 Å². The van der Waals surface area contributed by atoms with Gasteiger partial charge < -0.3 is 15.6 Å². The van der Waals surface area contributed by atoms with E-state index in [0.29, 0.717) is 6.61 Å². The molecule has 1 heterocycles. The first-order chi connectivity index (χ1) is 16.9.